The lowest BCUT2D eigenvalue weighted by Gasteiger charge is -2.33. The quantitative estimate of drug-likeness (QED) is 0.113. The minimum absolute atomic E-state index is 0.273. The van der Waals surface area contributed by atoms with E-state index in [1.807, 2.05) is 78.7 Å². The van der Waals surface area contributed by atoms with Gasteiger partial charge in [-0.15, -0.1) is 11.3 Å². The van der Waals surface area contributed by atoms with Crippen molar-refractivity contribution in [2.75, 3.05) is 58.9 Å². The standard InChI is InChI=1S/C21H25N5O2S2.C21H23N5O2S/c1-16-19(30-15-24-16)6-9-25-10-12-26(13-11-25)21(27)28-18-4-2-17(3-5-18)14-29-20-22-7-8-23-20;27-21(26-12-10-25(11-13-26)15-18-2-1-7-22-14-18)28-19-5-3-17(4-6-19)16-29-20-23-8-9-24-20/h2-5,7-8,15H,6,9-14H2,1H3,(H,22,23);1-9,14H,10-13,15-16H2,(H,23,24). The molecule has 17 heteroatoms. The molecule has 2 N–H and O–H groups in total. The van der Waals surface area contributed by atoms with Crippen LogP contribution in [0.4, 0.5) is 9.59 Å². The van der Waals surface area contributed by atoms with E-state index in [0.717, 1.165) is 84.3 Å². The molecular weight excluding hydrogens is 805 g/mol. The summed E-state index contributed by atoms with van der Waals surface area (Å²) < 4.78 is 11.1. The van der Waals surface area contributed by atoms with Gasteiger partial charge < -0.3 is 29.2 Å². The number of aryl methyl sites for hydroxylation is 1. The maximum Gasteiger partial charge on any atom is 0.415 e. The molecule has 2 amide bonds. The van der Waals surface area contributed by atoms with E-state index in [9.17, 15) is 9.59 Å². The first-order valence-corrected chi connectivity index (χ1v) is 22.4. The number of rotatable bonds is 13. The molecule has 2 fully saturated rings. The zero-order chi connectivity index (χ0) is 40.7. The molecule has 0 atom stereocenters. The summed E-state index contributed by atoms with van der Waals surface area (Å²) in [6.07, 6.45) is 11.2. The van der Waals surface area contributed by atoms with Gasteiger partial charge in [-0.2, -0.15) is 0 Å². The molecule has 0 aliphatic carbocycles. The van der Waals surface area contributed by atoms with Crippen LogP contribution in [0.2, 0.25) is 0 Å². The van der Waals surface area contributed by atoms with E-state index in [-0.39, 0.29) is 12.2 Å². The molecule has 2 aliphatic heterocycles. The summed E-state index contributed by atoms with van der Waals surface area (Å²) in [5.74, 6) is 2.76. The van der Waals surface area contributed by atoms with Crippen LogP contribution in [-0.4, -0.2) is 121 Å². The van der Waals surface area contributed by atoms with Gasteiger partial charge in [0, 0.05) is 119 Å². The summed E-state index contributed by atoms with van der Waals surface area (Å²) in [6, 6.07) is 19.3. The van der Waals surface area contributed by atoms with Crippen molar-refractivity contribution >= 4 is 47.0 Å². The number of pyridine rings is 1. The highest BCUT2D eigenvalue weighted by molar-refractivity contribution is 7.98. The van der Waals surface area contributed by atoms with Crippen LogP contribution < -0.4 is 9.47 Å². The second-order valence-corrected chi connectivity index (χ2v) is 16.8. The highest BCUT2D eigenvalue weighted by atomic mass is 32.2. The molecule has 8 rings (SSSR count). The number of thiazole rings is 1. The molecule has 6 aromatic rings. The first-order chi connectivity index (χ1) is 28.9. The Kier molecular flexibility index (Phi) is 15.4. The Hall–Kier alpha value is -5.20. The van der Waals surface area contributed by atoms with Gasteiger partial charge >= 0.3 is 12.2 Å². The lowest BCUT2D eigenvalue weighted by Crippen LogP contribution is -2.49. The second-order valence-electron chi connectivity index (χ2n) is 14.0. The van der Waals surface area contributed by atoms with Gasteiger partial charge in [0.25, 0.3) is 0 Å². The van der Waals surface area contributed by atoms with Crippen LogP contribution in [0.15, 0.2) is 114 Å². The lowest BCUT2D eigenvalue weighted by atomic mass is 10.2. The molecule has 4 aromatic heterocycles. The molecular formula is C42H48N10O4S3. The van der Waals surface area contributed by atoms with Crippen molar-refractivity contribution < 1.29 is 19.1 Å². The van der Waals surface area contributed by atoms with Crippen molar-refractivity contribution in [3.05, 3.63) is 131 Å². The molecule has 2 aromatic carbocycles. The number of imidazole rings is 2. The summed E-state index contributed by atoms with van der Waals surface area (Å²) in [5.41, 5.74) is 6.53. The smallest absolute Gasteiger partial charge is 0.410 e. The predicted molar refractivity (Wildman–Crippen MR) is 231 cm³/mol. The molecule has 2 saturated heterocycles. The zero-order valence-electron chi connectivity index (χ0n) is 32.9. The number of carbonyl (C=O) groups is 2. The number of aromatic nitrogens is 6. The van der Waals surface area contributed by atoms with Gasteiger partial charge in [0.2, 0.25) is 0 Å². The molecule has 14 nitrogen and oxygen atoms in total. The molecule has 2 aliphatic rings. The summed E-state index contributed by atoms with van der Waals surface area (Å²) in [5, 5.41) is 1.79. The number of amides is 2. The Balaban J connectivity index is 0.000000179. The number of aromatic amines is 2. The number of thioether (sulfide) groups is 2. The van der Waals surface area contributed by atoms with Crippen molar-refractivity contribution in [2.45, 2.75) is 41.7 Å². The van der Waals surface area contributed by atoms with E-state index in [1.54, 1.807) is 63.3 Å². The Morgan fingerprint density at radius 2 is 1.22 bits per heavy atom. The van der Waals surface area contributed by atoms with E-state index in [0.29, 0.717) is 37.7 Å². The number of carbonyl (C=O) groups excluding carboxylic acids is 2. The maximum atomic E-state index is 12.5. The Labute approximate surface area is 356 Å². The molecule has 0 unspecified atom stereocenters. The molecule has 0 saturated carbocycles. The Morgan fingerprint density at radius 3 is 1.68 bits per heavy atom. The molecule has 59 heavy (non-hydrogen) atoms. The third kappa shape index (κ3) is 13.1. The van der Waals surface area contributed by atoms with Crippen LogP contribution in [0, 0.1) is 6.92 Å². The minimum atomic E-state index is -0.288. The monoisotopic (exact) mass is 852 g/mol. The van der Waals surface area contributed by atoms with E-state index in [1.165, 1.54) is 10.4 Å². The van der Waals surface area contributed by atoms with Crippen LogP contribution >= 0.6 is 34.9 Å². The van der Waals surface area contributed by atoms with Crippen LogP contribution in [0.1, 0.15) is 27.3 Å². The SMILES string of the molecule is Cc1ncsc1CCN1CCN(C(=O)Oc2ccc(CSc3ncc[nH]3)cc2)CC1.O=C(Oc1ccc(CSc2ncc[nH]2)cc1)N1CCN(Cc2cccnc2)CC1. The fraction of sp³-hybridized carbons (Fsp3) is 0.333. The third-order valence-electron chi connectivity index (χ3n) is 9.84. The first-order valence-electron chi connectivity index (χ1n) is 19.5. The fourth-order valence-corrected chi connectivity index (χ4v) is 8.75. The highest BCUT2D eigenvalue weighted by Crippen LogP contribution is 2.23. The van der Waals surface area contributed by atoms with Crippen molar-refractivity contribution in [1.29, 1.82) is 0 Å². The van der Waals surface area contributed by atoms with Gasteiger partial charge in [-0.3, -0.25) is 14.8 Å². The topological polar surface area (TPSA) is 149 Å². The van der Waals surface area contributed by atoms with Gasteiger partial charge in [0.15, 0.2) is 10.3 Å². The van der Waals surface area contributed by atoms with Crippen LogP contribution in [0.5, 0.6) is 11.5 Å². The second kappa shape index (κ2) is 21.7. The maximum absolute atomic E-state index is 12.5. The summed E-state index contributed by atoms with van der Waals surface area (Å²) in [6.45, 7) is 10.0. The van der Waals surface area contributed by atoms with E-state index in [2.05, 4.69) is 52.7 Å². The van der Waals surface area contributed by atoms with Crippen LogP contribution in [0.3, 0.4) is 0 Å². The fourth-order valence-electron chi connectivity index (χ4n) is 6.42. The van der Waals surface area contributed by atoms with Gasteiger partial charge in [-0.1, -0.05) is 53.9 Å². The van der Waals surface area contributed by atoms with Gasteiger partial charge in [0.1, 0.15) is 11.5 Å². The summed E-state index contributed by atoms with van der Waals surface area (Å²) >= 11 is 4.99. The average molecular weight is 853 g/mol. The van der Waals surface area contributed by atoms with Gasteiger partial charge in [-0.05, 0) is 60.4 Å². The normalized spacial score (nSPS) is 14.7. The van der Waals surface area contributed by atoms with Crippen molar-refractivity contribution in [2.24, 2.45) is 0 Å². The number of nitrogens with one attached hydrogen (secondary N) is 2. The zero-order valence-corrected chi connectivity index (χ0v) is 35.4. The molecule has 308 valence electrons. The first kappa shape index (κ1) is 41.9. The Bertz CT molecular complexity index is 2140. The molecule has 0 bridgehead atoms. The van der Waals surface area contributed by atoms with Gasteiger partial charge in [-0.25, -0.2) is 24.5 Å². The highest BCUT2D eigenvalue weighted by Gasteiger charge is 2.24. The van der Waals surface area contributed by atoms with Crippen LogP contribution in [-0.2, 0) is 24.5 Å². The van der Waals surface area contributed by atoms with E-state index in [4.69, 9.17) is 9.47 Å². The Morgan fingerprint density at radius 1 is 0.678 bits per heavy atom. The molecule has 0 radical (unpaired) electrons. The van der Waals surface area contributed by atoms with E-state index < -0.39 is 0 Å². The van der Waals surface area contributed by atoms with Crippen molar-refractivity contribution in [3.63, 3.8) is 0 Å². The van der Waals surface area contributed by atoms with Gasteiger partial charge in [0.05, 0.1) is 11.2 Å². The summed E-state index contributed by atoms with van der Waals surface area (Å²) in [4.78, 5) is 57.6. The number of hydrogen-bond acceptors (Lipinski definition) is 13. The number of benzene rings is 2. The number of piperazine rings is 2. The lowest BCUT2D eigenvalue weighted by molar-refractivity contribution is 0.108. The number of hydrogen-bond donors (Lipinski definition) is 2. The van der Waals surface area contributed by atoms with E-state index >= 15 is 0 Å². The van der Waals surface area contributed by atoms with Crippen molar-refractivity contribution in [1.82, 2.24) is 49.5 Å². The molecule has 6 heterocycles. The number of ether oxygens (including phenoxy) is 2. The number of H-pyrrole nitrogens is 2. The van der Waals surface area contributed by atoms with Crippen LogP contribution in [0.25, 0.3) is 0 Å². The minimum Gasteiger partial charge on any atom is -0.410 e. The molecule has 0 spiro atoms. The van der Waals surface area contributed by atoms with Crippen molar-refractivity contribution in [3.8, 4) is 11.5 Å². The third-order valence-corrected chi connectivity index (χ3v) is 12.8. The predicted octanol–water partition coefficient (Wildman–Crippen LogP) is 7.24. The number of nitrogens with zero attached hydrogens (tertiary/aromatic N) is 8. The summed E-state index contributed by atoms with van der Waals surface area (Å²) in [7, 11) is 0. The average Bonchev–Trinajstić information content (AvgIpc) is 4.08. The largest absolute Gasteiger partial charge is 0.415 e.